The summed E-state index contributed by atoms with van der Waals surface area (Å²) in [6, 6.07) is 2.21. The highest BCUT2D eigenvalue weighted by Crippen LogP contribution is 2.41. The third kappa shape index (κ3) is 2.47. The van der Waals surface area contributed by atoms with Gasteiger partial charge in [0.15, 0.2) is 0 Å². The van der Waals surface area contributed by atoms with Crippen molar-refractivity contribution >= 4 is 5.97 Å². The third-order valence-electron chi connectivity index (χ3n) is 3.37. The highest BCUT2D eigenvalue weighted by atomic mass is 16.4. The highest BCUT2D eigenvalue weighted by molar-refractivity contribution is 5.68. The quantitative estimate of drug-likeness (QED) is 0.752. The minimum absolute atomic E-state index is 0.0138. The summed E-state index contributed by atoms with van der Waals surface area (Å²) < 4.78 is 0. The molecule has 0 heterocycles. The van der Waals surface area contributed by atoms with Gasteiger partial charge in [0.25, 0.3) is 0 Å². The lowest BCUT2D eigenvalue weighted by molar-refractivity contribution is -0.139. The van der Waals surface area contributed by atoms with Crippen molar-refractivity contribution < 1.29 is 9.90 Å². The van der Waals surface area contributed by atoms with Crippen LogP contribution in [0.4, 0.5) is 0 Å². The molecule has 1 rings (SSSR count). The molecule has 0 aromatic rings. The van der Waals surface area contributed by atoms with E-state index in [1.54, 1.807) is 0 Å². The zero-order valence-electron chi connectivity index (χ0n) is 8.62. The second kappa shape index (κ2) is 4.45. The molecule has 1 N–H and O–H groups in total. The maximum atomic E-state index is 10.6. The van der Waals surface area contributed by atoms with Crippen LogP contribution in [0.1, 0.15) is 45.4 Å². The van der Waals surface area contributed by atoms with Crippen molar-refractivity contribution in [1.82, 2.24) is 0 Å². The van der Waals surface area contributed by atoms with Gasteiger partial charge in [0.1, 0.15) is 0 Å². The van der Waals surface area contributed by atoms with E-state index in [0.29, 0.717) is 5.92 Å². The van der Waals surface area contributed by atoms with Gasteiger partial charge in [-0.05, 0) is 31.6 Å². The minimum Gasteiger partial charge on any atom is -0.481 e. The molecule has 0 aliphatic heterocycles. The van der Waals surface area contributed by atoms with Crippen LogP contribution in [0.15, 0.2) is 0 Å². The number of aliphatic carboxylic acids is 1. The number of rotatable bonds is 3. The van der Waals surface area contributed by atoms with Gasteiger partial charge in [-0.2, -0.15) is 5.26 Å². The Balaban J connectivity index is 2.58. The van der Waals surface area contributed by atoms with E-state index in [9.17, 15) is 4.79 Å². The predicted molar refractivity (Wildman–Crippen MR) is 52.5 cm³/mol. The van der Waals surface area contributed by atoms with E-state index in [0.717, 1.165) is 32.1 Å². The first-order chi connectivity index (χ1) is 6.62. The predicted octanol–water partition coefficient (Wildman–Crippen LogP) is 2.57. The van der Waals surface area contributed by atoms with Gasteiger partial charge in [-0.3, -0.25) is 4.79 Å². The van der Waals surface area contributed by atoms with Crippen LogP contribution >= 0.6 is 0 Å². The standard InChI is InChI=1S/C11H17NO2/c1-2-9-3-5-11(8-12,6-4-9)7-10(13)14/h9H,2-7H2,1H3,(H,13,14). The monoisotopic (exact) mass is 195 g/mol. The molecule has 0 saturated heterocycles. The van der Waals surface area contributed by atoms with Gasteiger partial charge in [-0.1, -0.05) is 13.3 Å². The second-order valence-corrected chi connectivity index (χ2v) is 4.31. The molecule has 1 saturated carbocycles. The molecular weight excluding hydrogens is 178 g/mol. The van der Waals surface area contributed by atoms with Gasteiger partial charge in [-0.15, -0.1) is 0 Å². The van der Waals surface area contributed by atoms with Crippen molar-refractivity contribution in [2.75, 3.05) is 0 Å². The number of carboxylic acid groups (broad SMARTS) is 1. The Bertz CT molecular complexity index is 247. The largest absolute Gasteiger partial charge is 0.481 e. The van der Waals surface area contributed by atoms with E-state index in [2.05, 4.69) is 13.0 Å². The van der Waals surface area contributed by atoms with Crippen molar-refractivity contribution in [2.45, 2.75) is 45.4 Å². The lowest BCUT2D eigenvalue weighted by Crippen LogP contribution is -2.28. The summed E-state index contributed by atoms with van der Waals surface area (Å²) in [6.07, 6.45) is 4.70. The smallest absolute Gasteiger partial charge is 0.304 e. The SMILES string of the molecule is CCC1CCC(C#N)(CC(=O)O)CC1. The number of carboxylic acids is 1. The van der Waals surface area contributed by atoms with Crippen LogP contribution in [0.5, 0.6) is 0 Å². The van der Waals surface area contributed by atoms with E-state index >= 15 is 0 Å². The zero-order chi connectivity index (χ0) is 10.6. The van der Waals surface area contributed by atoms with E-state index in [4.69, 9.17) is 10.4 Å². The maximum absolute atomic E-state index is 10.6. The van der Waals surface area contributed by atoms with Crippen molar-refractivity contribution in [2.24, 2.45) is 11.3 Å². The summed E-state index contributed by atoms with van der Waals surface area (Å²) in [6.45, 7) is 2.15. The number of hydrogen-bond acceptors (Lipinski definition) is 2. The summed E-state index contributed by atoms with van der Waals surface area (Å²) in [5.74, 6) is -0.147. The molecule has 0 radical (unpaired) electrons. The van der Waals surface area contributed by atoms with Crippen LogP contribution in [0, 0.1) is 22.7 Å². The Hall–Kier alpha value is -1.04. The summed E-state index contributed by atoms with van der Waals surface area (Å²) in [4.78, 5) is 10.6. The molecule has 78 valence electrons. The van der Waals surface area contributed by atoms with Crippen molar-refractivity contribution in [3.8, 4) is 6.07 Å². The van der Waals surface area contributed by atoms with E-state index < -0.39 is 11.4 Å². The first-order valence-electron chi connectivity index (χ1n) is 5.25. The molecule has 0 bridgehead atoms. The molecule has 1 fully saturated rings. The molecule has 1 aliphatic carbocycles. The molecule has 1 aliphatic rings. The van der Waals surface area contributed by atoms with Crippen LogP contribution in [-0.4, -0.2) is 11.1 Å². The van der Waals surface area contributed by atoms with Gasteiger partial charge >= 0.3 is 5.97 Å². The van der Waals surface area contributed by atoms with Gasteiger partial charge in [0, 0.05) is 0 Å². The first kappa shape index (κ1) is 11.0. The van der Waals surface area contributed by atoms with Crippen molar-refractivity contribution in [3.05, 3.63) is 0 Å². The Labute approximate surface area is 84.7 Å². The molecule has 3 heteroatoms. The van der Waals surface area contributed by atoms with Gasteiger partial charge in [0.2, 0.25) is 0 Å². The fraction of sp³-hybridized carbons (Fsp3) is 0.818. The Morgan fingerprint density at radius 1 is 1.57 bits per heavy atom. The number of hydrogen-bond donors (Lipinski definition) is 1. The fourth-order valence-corrected chi connectivity index (χ4v) is 2.26. The lowest BCUT2D eigenvalue weighted by atomic mass is 9.69. The lowest BCUT2D eigenvalue weighted by Gasteiger charge is -2.33. The molecule has 0 aromatic heterocycles. The molecule has 0 amide bonds. The topological polar surface area (TPSA) is 61.1 Å². The Morgan fingerprint density at radius 3 is 2.50 bits per heavy atom. The normalized spacial score (nSPS) is 32.1. The van der Waals surface area contributed by atoms with E-state index in [1.807, 2.05) is 0 Å². The van der Waals surface area contributed by atoms with Crippen LogP contribution < -0.4 is 0 Å². The molecule has 0 unspecified atom stereocenters. The van der Waals surface area contributed by atoms with Crippen molar-refractivity contribution in [1.29, 1.82) is 5.26 Å². The Kier molecular flexibility index (Phi) is 3.51. The fourth-order valence-electron chi connectivity index (χ4n) is 2.26. The summed E-state index contributed by atoms with van der Waals surface area (Å²) in [5.41, 5.74) is -0.572. The van der Waals surface area contributed by atoms with Crippen molar-refractivity contribution in [3.63, 3.8) is 0 Å². The van der Waals surface area contributed by atoms with E-state index in [1.165, 1.54) is 0 Å². The Morgan fingerprint density at radius 2 is 2.14 bits per heavy atom. The average Bonchev–Trinajstić information content (AvgIpc) is 2.18. The summed E-state index contributed by atoms with van der Waals surface area (Å²) in [7, 11) is 0. The maximum Gasteiger partial charge on any atom is 0.304 e. The van der Waals surface area contributed by atoms with Crippen LogP contribution in [-0.2, 0) is 4.79 Å². The summed E-state index contributed by atoms with van der Waals surface area (Å²) in [5, 5.41) is 17.8. The van der Waals surface area contributed by atoms with Gasteiger partial charge in [-0.25, -0.2) is 0 Å². The zero-order valence-corrected chi connectivity index (χ0v) is 8.62. The number of carbonyl (C=O) groups is 1. The molecule has 0 atom stereocenters. The average molecular weight is 195 g/mol. The number of nitriles is 1. The third-order valence-corrected chi connectivity index (χ3v) is 3.37. The van der Waals surface area contributed by atoms with Crippen LogP contribution in [0.25, 0.3) is 0 Å². The van der Waals surface area contributed by atoms with Crippen LogP contribution in [0.3, 0.4) is 0 Å². The van der Waals surface area contributed by atoms with Gasteiger partial charge in [0.05, 0.1) is 17.9 Å². The minimum atomic E-state index is -0.846. The van der Waals surface area contributed by atoms with E-state index in [-0.39, 0.29) is 6.42 Å². The van der Waals surface area contributed by atoms with Crippen LogP contribution in [0.2, 0.25) is 0 Å². The molecule has 3 nitrogen and oxygen atoms in total. The number of nitrogens with zero attached hydrogens (tertiary/aromatic N) is 1. The first-order valence-corrected chi connectivity index (χ1v) is 5.25. The molecule has 0 aromatic carbocycles. The summed E-state index contributed by atoms with van der Waals surface area (Å²) >= 11 is 0. The van der Waals surface area contributed by atoms with Gasteiger partial charge < -0.3 is 5.11 Å². The molecule has 14 heavy (non-hydrogen) atoms. The molecule has 0 spiro atoms. The highest BCUT2D eigenvalue weighted by Gasteiger charge is 2.36. The second-order valence-electron chi connectivity index (χ2n) is 4.31. The molecular formula is C11H17NO2.